The van der Waals surface area contributed by atoms with E-state index in [1.165, 1.54) is 11.6 Å². The second-order valence-corrected chi connectivity index (χ2v) is 8.46. The standard InChI is InChI=1S/C25H26N4O7/c1-14(30)26-22-19(31)11-21(25(34)35)36-24(22)23(33)20(32)13-29-12-18(27-28-29)17-9-7-16(8-10-17)15-5-3-2-4-6-15/h2-12,19-20,22-24,31-33H,13H2,1H3,(H,26,30)(H,34,35)/t19-,20?,22?,23?,24?/m1/s1. The average Bonchev–Trinajstić information content (AvgIpc) is 3.33. The lowest BCUT2D eigenvalue weighted by Crippen LogP contribution is -2.59. The number of aliphatic carboxylic acids is 1. The van der Waals surface area contributed by atoms with Gasteiger partial charge in [0.15, 0.2) is 6.10 Å². The quantitative estimate of drug-likeness (QED) is 0.301. The van der Waals surface area contributed by atoms with E-state index in [1.807, 2.05) is 54.6 Å². The molecule has 0 aliphatic carbocycles. The van der Waals surface area contributed by atoms with Gasteiger partial charge in [-0.2, -0.15) is 0 Å². The number of aromatic nitrogens is 3. The molecule has 4 rings (SSSR count). The first-order valence-corrected chi connectivity index (χ1v) is 11.2. The molecule has 0 saturated carbocycles. The first-order valence-electron chi connectivity index (χ1n) is 11.2. The van der Waals surface area contributed by atoms with Crippen molar-refractivity contribution in [1.82, 2.24) is 20.3 Å². The van der Waals surface area contributed by atoms with Crippen LogP contribution in [0.1, 0.15) is 6.92 Å². The van der Waals surface area contributed by atoms with E-state index in [0.717, 1.165) is 22.8 Å². The molecule has 3 aromatic rings. The second-order valence-electron chi connectivity index (χ2n) is 8.46. The van der Waals surface area contributed by atoms with Gasteiger partial charge in [0.05, 0.1) is 18.8 Å². The Morgan fingerprint density at radius 3 is 2.33 bits per heavy atom. The third kappa shape index (κ3) is 5.60. The van der Waals surface area contributed by atoms with Crippen LogP contribution in [-0.2, 0) is 20.9 Å². The molecule has 11 heteroatoms. The maximum Gasteiger partial charge on any atom is 0.370 e. The molecule has 4 unspecified atom stereocenters. The van der Waals surface area contributed by atoms with E-state index in [1.54, 1.807) is 6.20 Å². The highest BCUT2D eigenvalue weighted by molar-refractivity contribution is 5.84. The number of carboxylic acid groups (broad SMARTS) is 1. The highest BCUT2D eigenvalue weighted by atomic mass is 16.5. The van der Waals surface area contributed by atoms with E-state index in [4.69, 9.17) is 4.74 Å². The fraction of sp³-hybridized carbons (Fsp3) is 0.280. The summed E-state index contributed by atoms with van der Waals surface area (Å²) in [5.74, 6) is -2.58. The number of nitrogens with zero attached hydrogens (tertiary/aromatic N) is 3. The van der Waals surface area contributed by atoms with Crippen LogP contribution in [0.3, 0.4) is 0 Å². The highest BCUT2D eigenvalue weighted by Gasteiger charge is 2.43. The maximum atomic E-state index is 11.6. The number of aliphatic hydroxyl groups excluding tert-OH is 3. The number of benzene rings is 2. The molecular weight excluding hydrogens is 468 g/mol. The van der Waals surface area contributed by atoms with Gasteiger partial charge in [-0.3, -0.25) is 4.79 Å². The first-order chi connectivity index (χ1) is 17.2. The molecular formula is C25H26N4O7. The predicted octanol–water partition coefficient (Wildman–Crippen LogP) is 0.567. The Hall–Kier alpha value is -4.06. The minimum Gasteiger partial charge on any atom is -0.478 e. The van der Waals surface area contributed by atoms with E-state index < -0.39 is 48.1 Å². The number of hydrogen-bond donors (Lipinski definition) is 5. The topological polar surface area (TPSA) is 167 Å². The number of aliphatic hydroxyl groups is 3. The van der Waals surface area contributed by atoms with Gasteiger partial charge in [-0.1, -0.05) is 59.8 Å². The molecule has 188 valence electrons. The smallest absolute Gasteiger partial charge is 0.370 e. The third-order valence-electron chi connectivity index (χ3n) is 5.82. The van der Waals surface area contributed by atoms with E-state index in [0.29, 0.717) is 5.69 Å². The van der Waals surface area contributed by atoms with Crippen LogP contribution in [0, 0.1) is 0 Å². The summed E-state index contributed by atoms with van der Waals surface area (Å²) in [7, 11) is 0. The van der Waals surface area contributed by atoms with E-state index in [-0.39, 0.29) is 6.54 Å². The molecule has 0 bridgehead atoms. The molecule has 36 heavy (non-hydrogen) atoms. The molecule has 0 saturated heterocycles. The van der Waals surface area contributed by atoms with Gasteiger partial charge < -0.3 is 30.5 Å². The molecule has 5 N–H and O–H groups in total. The van der Waals surface area contributed by atoms with Crippen LogP contribution in [0.5, 0.6) is 0 Å². The molecule has 1 amide bonds. The number of rotatable bonds is 8. The number of carboxylic acids is 1. The van der Waals surface area contributed by atoms with Gasteiger partial charge >= 0.3 is 5.97 Å². The summed E-state index contributed by atoms with van der Waals surface area (Å²) < 4.78 is 6.63. The lowest BCUT2D eigenvalue weighted by molar-refractivity contribution is -0.148. The van der Waals surface area contributed by atoms with Gasteiger partial charge in [-0.25, -0.2) is 9.48 Å². The van der Waals surface area contributed by atoms with E-state index in [2.05, 4.69) is 15.6 Å². The summed E-state index contributed by atoms with van der Waals surface area (Å²) in [5.41, 5.74) is 3.48. The van der Waals surface area contributed by atoms with Crippen molar-refractivity contribution in [3.63, 3.8) is 0 Å². The largest absolute Gasteiger partial charge is 0.478 e. The lowest BCUT2D eigenvalue weighted by atomic mass is 9.93. The number of amides is 1. The molecule has 2 heterocycles. The Kier molecular flexibility index (Phi) is 7.44. The highest BCUT2D eigenvalue weighted by Crippen LogP contribution is 2.25. The summed E-state index contributed by atoms with van der Waals surface area (Å²) >= 11 is 0. The molecule has 0 fully saturated rings. The van der Waals surface area contributed by atoms with Crippen LogP contribution in [0.15, 0.2) is 72.6 Å². The summed E-state index contributed by atoms with van der Waals surface area (Å²) in [6.45, 7) is 0.997. The summed E-state index contributed by atoms with van der Waals surface area (Å²) in [6, 6.07) is 16.4. The van der Waals surface area contributed by atoms with Crippen LogP contribution < -0.4 is 5.32 Å². The van der Waals surface area contributed by atoms with Gasteiger partial charge in [-0.05, 0) is 17.2 Å². The van der Waals surface area contributed by atoms with Crippen molar-refractivity contribution in [3.05, 3.63) is 72.6 Å². The SMILES string of the molecule is CC(=O)NC1C(C(O)C(O)Cn2cc(-c3ccc(-c4ccccc4)cc3)nn2)OC(C(=O)O)=C[C@H]1O. The van der Waals surface area contributed by atoms with Gasteiger partial charge in [0.1, 0.15) is 24.0 Å². The zero-order valence-corrected chi connectivity index (χ0v) is 19.3. The van der Waals surface area contributed by atoms with Crippen LogP contribution in [0.25, 0.3) is 22.4 Å². The van der Waals surface area contributed by atoms with E-state index in [9.17, 15) is 30.0 Å². The van der Waals surface area contributed by atoms with Crippen molar-refractivity contribution >= 4 is 11.9 Å². The van der Waals surface area contributed by atoms with Gasteiger partial charge in [0, 0.05) is 12.5 Å². The molecule has 1 aromatic heterocycles. The monoisotopic (exact) mass is 494 g/mol. The molecule has 5 atom stereocenters. The Balaban J connectivity index is 1.46. The number of ether oxygens (including phenoxy) is 1. The fourth-order valence-electron chi connectivity index (χ4n) is 4.02. The van der Waals surface area contributed by atoms with Crippen molar-refractivity contribution in [1.29, 1.82) is 0 Å². The maximum absolute atomic E-state index is 11.6. The first kappa shape index (κ1) is 25.0. The average molecular weight is 495 g/mol. The van der Waals surface area contributed by atoms with Crippen LogP contribution >= 0.6 is 0 Å². The summed E-state index contributed by atoms with van der Waals surface area (Å²) in [6.07, 6.45) is -3.51. The zero-order chi connectivity index (χ0) is 25.8. The molecule has 1 aliphatic heterocycles. The van der Waals surface area contributed by atoms with Crippen molar-refractivity contribution < 1.29 is 34.8 Å². The minimum atomic E-state index is -1.67. The second kappa shape index (κ2) is 10.7. The number of hydrogen-bond acceptors (Lipinski definition) is 8. The minimum absolute atomic E-state index is 0.203. The number of carbonyl (C=O) groups excluding carboxylic acids is 1. The Morgan fingerprint density at radius 2 is 1.69 bits per heavy atom. The van der Waals surface area contributed by atoms with Crippen molar-refractivity contribution in [2.24, 2.45) is 0 Å². The van der Waals surface area contributed by atoms with Crippen LogP contribution in [0.4, 0.5) is 0 Å². The molecule has 0 spiro atoms. The Bertz CT molecular complexity index is 1240. The fourth-order valence-corrected chi connectivity index (χ4v) is 4.02. The number of nitrogens with one attached hydrogen (secondary N) is 1. The van der Waals surface area contributed by atoms with Crippen molar-refractivity contribution in [2.75, 3.05) is 0 Å². The predicted molar refractivity (Wildman–Crippen MR) is 127 cm³/mol. The van der Waals surface area contributed by atoms with Crippen molar-refractivity contribution in [2.45, 2.75) is 43.9 Å². The zero-order valence-electron chi connectivity index (χ0n) is 19.3. The molecule has 2 aromatic carbocycles. The number of carbonyl (C=O) groups is 2. The van der Waals surface area contributed by atoms with Gasteiger partial charge in [0.2, 0.25) is 11.7 Å². The molecule has 1 aliphatic rings. The summed E-state index contributed by atoms with van der Waals surface area (Å²) in [5, 5.41) is 51.5. The van der Waals surface area contributed by atoms with E-state index >= 15 is 0 Å². The molecule has 11 nitrogen and oxygen atoms in total. The third-order valence-corrected chi connectivity index (χ3v) is 5.82. The normalized spacial score (nSPS) is 21.1. The Labute approximate surface area is 206 Å². The Morgan fingerprint density at radius 1 is 1.06 bits per heavy atom. The van der Waals surface area contributed by atoms with Crippen LogP contribution in [0.2, 0.25) is 0 Å². The summed E-state index contributed by atoms with van der Waals surface area (Å²) in [4.78, 5) is 22.9. The van der Waals surface area contributed by atoms with Crippen LogP contribution in [-0.4, -0.2) is 77.8 Å². The van der Waals surface area contributed by atoms with Gasteiger partial charge in [0.25, 0.3) is 0 Å². The molecule has 0 radical (unpaired) electrons. The lowest BCUT2D eigenvalue weighted by Gasteiger charge is -2.38. The van der Waals surface area contributed by atoms with Gasteiger partial charge in [-0.15, -0.1) is 5.10 Å². The van der Waals surface area contributed by atoms with Crippen molar-refractivity contribution in [3.8, 4) is 22.4 Å².